The molecule has 2 amide bonds. The van der Waals surface area contributed by atoms with Crippen LogP contribution in [0, 0.1) is 5.92 Å². The summed E-state index contributed by atoms with van der Waals surface area (Å²) < 4.78 is 0. The third-order valence-corrected chi connectivity index (χ3v) is 3.74. The summed E-state index contributed by atoms with van der Waals surface area (Å²) in [6.45, 7) is 4.33. The molecular formula is C15H19ClN2O2. The van der Waals surface area contributed by atoms with Crippen LogP contribution in [0.3, 0.4) is 0 Å². The van der Waals surface area contributed by atoms with Gasteiger partial charge in [0.25, 0.3) is 0 Å². The molecule has 1 aliphatic heterocycles. The Labute approximate surface area is 123 Å². The maximum Gasteiger partial charge on any atom is 0.233 e. The Kier molecular flexibility index (Phi) is 4.65. The minimum absolute atomic E-state index is 0.0847. The van der Waals surface area contributed by atoms with Crippen LogP contribution in [0.5, 0.6) is 0 Å². The number of halogens is 1. The van der Waals surface area contributed by atoms with Crippen molar-refractivity contribution in [3.8, 4) is 0 Å². The minimum Gasteiger partial charge on any atom is -0.324 e. The number of hydrogen-bond donors (Lipinski definition) is 2. The van der Waals surface area contributed by atoms with Gasteiger partial charge in [0.1, 0.15) is 6.42 Å². The van der Waals surface area contributed by atoms with Crippen LogP contribution in [0.15, 0.2) is 18.2 Å². The zero-order chi connectivity index (χ0) is 14.7. The Bertz CT molecular complexity index is 529. The van der Waals surface area contributed by atoms with E-state index in [-0.39, 0.29) is 23.6 Å². The molecule has 1 aromatic carbocycles. The quantitative estimate of drug-likeness (QED) is 0.657. The number of alkyl halides is 1. The normalized spacial score (nSPS) is 16.2. The molecule has 0 aliphatic carbocycles. The van der Waals surface area contributed by atoms with E-state index in [1.54, 1.807) is 6.07 Å². The predicted octanol–water partition coefficient (Wildman–Crippen LogP) is 3.68. The number of carbonyl (C=O) groups excluding carboxylic acids is 2. The maximum absolute atomic E-state index is 11.5. The number of hydrogen-bond acceptors (Lipinski definition) is 2. The second-order valence-electron chi connectivity index (χ2n) is 5.52. The smallest absolute Gasteiger partial charge is 0.233 e. The number of fused-ring (bicyclic) bond motifs is 1. The van der Waals surface area contributed by atoms with Crippen molar-refractivity contribution in [1.82, 2.24) is 0 Å². The summed E-state index contributed by atoms with van der Waals surface area (Å²) in [5.41, 5.74) is 2.20. The summed E-state index contributed by atoms with van der Waals surface area (Å²) in [5, 5.41) is 5.35. The number of anilines is 2. The Balaban J connectivity index is 2.18. The van der Waals surface area contributed by atoms with Gasteiger partial charge in [-0.15, -0.1) is 11.6 Å². The van der Waals surface area contributed by atoms with Gasteiger partial charge in [0.15, 0.2) is 0 Å². The molecule has 2 rings (SSSR count). The fourth-order valence-corrected chi connectivity index (χ4v) is 2.41. The molecule has 1 heterocycles. The lowest BCUT2D eigenvalue weighted by Crippen LogP contribution is -2.16. The molecule has 4 nitrogen and oxygen atoms in total. The number of benzene rings is 1. The number of carbonyl (C=O) groups is 2. The molecule has 0 spiro atoms. The van der Waals surface area contributed by atoms with Crippen molar-refractivity contribution in [2.75, 3.05) is 10.6 Å². The highest BCUT2D eigenvalue weighted by Gasteiger charge is 2.19. The second kappa shape index (κ2) is 6.27. The van der Waals surface area contributed by atoms with Crippen LogP contribution < -0.4 is 10.6 Å². The standard InChI is InChI=1S/C15H19ClN2O2/c1-9(2)3-5-11(16)10-4-6-12-13(7-10)18-15(20)8-14(19)17-12/h4,6-7,9,11H,3,5,8H2,1-2H3,(H,17,19)(H,18,20). The highest BCUT2D eigenvalue weighted by Crippen LogP contribution is 2.33. The Morgan fingerprint density at radius 3 is 2.40 bits per heavy atom. The van der Waals surface area contributed by atoms with Crippen LogP contribution in [0.25, 0.3) is 0 Å². The first kappa shape index (κ1) is 14.9. The van der Waals surface area contributed by atoms with Gasteiger partial charge < -0.3 is 10.6 Å². The van der Waals surface area contributed by atoms with Crippen LogP contribution in [-0.4, -0.2) is 11.8 Å². The van der Waals surface area contributed by atoms with Gasteiger partial charge in [-0.3, -0.25) is 9.59 Å². The first-order valence-electron chi connectivity index (χ1n) is 6.83. The third-order valence-electron chi connectivity index (χ3n) is 3.27. The average Bonchev–Trinajstić information content (AvgIpc) is 2.51. The third kappa shape index (κ3) is 3.73. The van der Waals surface area contributed by atoms with Gasteiger partial charge in [0.2, 0.25) is 11.8 Å². The van der Waals surface area contributed by atoms with E-state index in [9.17, 15) is 9.59 Å². The molecule has 1 aromatic rings. The number of amides is 2. The summed E-state index contributed by atoms with van der Waals surface area (Å²) in [6.07, 6.45) is 1.79. The molecular weight excluding hydrogens is 276 g/mol. The molecule has 20 heavy (non-hydrogen) atoms. The van der Waals surface area contributed by atoms with Crippen LogP contribution in [0.2, 0.25) is 0 Å². The molecule has 0 aromatic heterocycles. The summed E-state index contributed by atoms with van der Waals surface area (Å²) in [5.74, 6) is 0.0130. The van der Waals surface area contributed by atoms with E-state index in [0.717, 1.165) is 18.4 Å². The molecule has 0 fully saturated rings. The molecule has 0 saturated heterocycles. The fraction of sp³-hybridized carbons (Fsp3) is 0.467. The van der Waals surface area contributed by atoms with E-state index < -0.39 is 0 Å². The van der Waals surface area contributed by atoms with Crippen molar-refractivity contribution in [3.63, 3.8) is 0 Å². The van der Waals surface area contributed by atoms with E-state index in [0.29, 0.717) is 17.3 Å². The topological polar surface area (TPSA) is 58.2 Å². The molecule has 0 saturated carbocycles. The van der Waals surface area contributed by atoms with Crippen molar-refractivity contribution in [1.29, 1.82) is 0 Å². The van der Waals surface area contributed by atoms with E-state index in [2.05, 4.69) is 24.5 Å². The van der Waals surface area contributed by atoms with E-state index >= 15 is 0 Å². The van der Waals surface area contributed by atoms with Crippen LogP contribution in [-0.2, 0) is 9.59 Å². The van der Waals surface area contributed by atoms with E-state index in [1.165, 1.54) is 0 Å². The van der Waals surface area contributed by atoms with Crippen LogP contribution >= 0.6 is 11.6 Å². The monoisotopic (exact) mass is 294 g/mol. The molecule has 1 unspecified atom stereocenters. The lowest BCUT2D eigenvalue weighted by molar-refractivity contribution is -0.123. The molecule has 2 N–H and O–H groups in total. The first-order valence-corrected chi connectivity index (χ1v) is 7.27. The predicted molar refractivity (Wildman–Crippen MR) is 81.0 cm³/mol. The van der Waals surface area contributed by atoms with Gasteiger partial charge in [0.05, 0.1) is 16.8 Å². The summed E-state index contributed by atoms with van der Waals surface area (Å²) in [7, 11) is 0. The minimum atomic E-state index is -0.299. The van der Waals surface area contributed by atoms with Gasteiger partial charge >= 0.3 is 0 Å². The van der Waals surface area contributed by atoms with Crippen molar-refractivity contribution >= 4 is 34.8 Å². The van der Waals surface area contributed by atoms with Crippen LogP contribution in [0.4, 0.5) is 11.4 Å². The van der Waals surface area contributed by atoms with E-state index in [4.69, 9.17) is 11.6 Å². The summed E-state index contributed by atoms with van der Waals surface area (Å²) in [6, 6.07) is 5.53. The summed E-state index contributed by atoms with van der Waals surface area (Å²) in [4.78, 5) is 23.0. The maximum atomic E-state index is 11.5. The second-order valence-corrected chi connectivity index (χ2v) is 6.04. The zero-order valence-electron chi connectivity index (χ0n) is 11.7. The molecule has 5 heteroatoms. The Hall–Kier alpha value is -1.55. The van der Waals surface area contributed by atoms with Gasteiger partial charge in [0, 0.05) is 0 Å². The zero-order valence-corrected chi connectivity index (χ0v) is 12.5. The molecule has 108 valence electrons. The number of rotatable bonds is 4. The molecule has 0 radical (unpaired) electrons. The highest BCUT2D eigenvalue weighted by atomic mass is 35.5. The fourth-order valence-electron chi connectivity index (χ4n) is 2.15. The lowest BCUT2D eigenvalue weighted by Gasteiger charge is -2.14. The molecule has 1 atom stereocenters. The first-order chi connectivity index (χ1) is 9.45. The molecule has 1 aliphatic rings. The Morgan fingerprint density at radius 1 is 1.10 bits per heavy atom. The number of nitrogens with one attached hydrogen (secondary N) is 2. The van der Waals surface area contributed by atoms with Crippen molar-refractivity contribution < 1.29 is 9.59 Å². The van der Waals surface area contributed by atoms with Crippen molar-refractivity contribution in [2.24, 2.45) is 5.92 Å². The molecule has 0 bridgehead atoms. The highest BCUT2D eigenvalue weighted by molar-refractivity contribution is 6.21. The summed E-state index contributed by atoms with van der Waals surface area (Å²) >= 11 is 6.40. The SMILES string of the molecule is CC(C)CCC(Cl)c1ccc2c(c1)NC(=O)CC(=O)N2. The Morgan fingerprint density at radius 2 is 1.75 bits per heavy atom. The van der Waals surface area contributed by atoms with Gasteiger partial charge in [-0.25, -0.2) is 0 Å². The largest absolute Gasteiger partial charge is 0.324 e. The van der Waals surface area contributed by atoms with Gasteiger partial charge in [-0.2, -0.15) is 0 Å². The van der Waals surface area contributed by atoms with Gasteiger partial charge in [-0.1, -0.05) is 19.9 Å². The lowest BCUT2D eigenvalue weighted by atomic mass is 10.0. The van der Waals surface area contributed by atoms with Crippen LogP contribution in [0.1, 0.15) is 44.1 Å². The van der Waals surface area contributed by atoms with E-state index in [1.807, 2.05) is 12.1 Å². The average molecular weight is 295 g/mol. The van der Waals surface area contributed by atoms with Crippen molar-refractivity contribution in [2.45, 2.75) is 38.5 Å². The van der Waals surface area contributed by atoms with Crippen molar-refractivity contribution in [3.05, 3.63) is 23.8 Å². The van der Waals surface area contributed by atoms with Gasteiger partial charge in [-0.05, 0) is 36.5 Å².